The van der Waals surface area contributed by atoms with Crippen LogP contribution < -0.4 is 10.6 Å². The van der Waals surface area contributed by atoms with Gasteiger partial charge in [0.1, 0.15) is 0 Å². The van der Waals surface area contributed by atoms with Crippen LogP contribution in [0.4, 0.5) is 0 Å². The van der Waals surface area contributed by atoms with Gasteiger partial charge in [-0.1, -0.05) is 0 Å². The predicted octanol–water partition coefficient (Wildman–Crippen LogP) is -0.525. The fourth-order valence-electron chi connectivity index (χ4n) is 1.58. The first kappa shape index (κ1) is 9.85. The third-order valence-corrected chi connectivity index (χ3v) is 2.44. The summed E-state index contributed by atoms with van der Waals surface area (Å²) < 4.78 is 0. The van der Waals surface area contributed by atoms with Crippen molar-refractivity contribution in [2.75, 3.05) is 0 Å². The summed E-state index contributed by atoms with van der Waals surface area (Å²) in [7, 11) is 0. The second-order valence-corrected chi connectivity index (χ2v) is 3.59. The fraction of sp³-hybridized carbons (Fsp3) is 0.444. The van der Waals surface area contributed by atoms with Crippen molar-refractivity contribution in [1.29, 1.82) is 0 Å². The van der Waals surface area contributed by atoms with E-state index in [2.05, 4.69) is 20.8 Å². The van der Waals surface area contributed by atoms with Crippen LogP contribution in [0, 0.1) is 0 Å². The molecule has 2 unspecified atom stereocenters. The molecule has 80 valence electrons. The lowest BCUT2D eigenvalue weighted by atomic mass is 10.1. The molecule has 0 spiro atoms. The first-order valence-electron chi connectivity index (χ1n) is 4.75. The van der Waals surface area contributed by atoms with E-state index in [-0.39, 0.29) is 24.3 Å². The van der Waals surface area contributed by atoms with Gasteiger partial charge in [-0.05, 0) is 6.92 Å². The average Bonchev–Trinajstić information content (AvgIpc) is 2.76. The summed E-state index contributed by atoms with van der Waals surface area (Å²) in [6.07, 6.45) is 3.65. The van der Waals surface area contributed by atoms with Gasteiger partial charge in [0.2, 0.25) is 11.8 Å². The summed E-state index contributed by atoms with van der Waals surface area (Å²) in [5.41, 5.74) is 0.960. The molecule has 1 saturated heterocycles. The summed E-state index contributed by atoms with van der Waals surface area (Å²) in [4.78, 5) is 22.2. The SMILES string of the molecule is CC(NC1CC(=O)NC1=O)c1cn[nH]c1. The Balaban J connectivity index is 1.98. The Bertz CT molecular complexity index is 373. The number of carbonyl (C=O) groups excluding carboxylic acids is 2. The highest BCUT2D eigenvalue weighted by Gasteiger charge is 2.31. The molecule has 15 heavy (non-hydrogen) atoms. The number of hydrogen-bond acceptors (Lipinski definition) is 4. The molecule has 2 heterocycles. The Kier molecular flexibility index (Phi) is 2.51. The van der Waals surface area contributed by atoms with Crippen molar-refractivity contribution in [3.05, 3.63) is 18.0 Å². The lowest BCUT2D eigenvalue weighted by Gasteiger charge is -2.15. The lowest BCUT2D eigenvalue weighted by molar-refractivity contribution is -0.125. The minimum atomic E-state index is -0.428. The van der Waals surface area contributed by atoms with Crippen LogP contribution >= 0.6 is 0 Å². The van der Waals surface area contributed by atoms with Crippen LogP contribution in [0.5, 0.6) is 0 Å². The monoisotopic (exact) mass is 208 g/mol. The Morgan fingerprint density at radius 1 is 1.60 bits per heavy atom. The van der Waals surface area contributed by atoms with E-state index in [1.54, 1.807) is 12.4 Å². The number of H-pyrrole nitrogens is 1. The molecule has 1 aromatic rings. The highest BCUT2D eigenvalue weighted by atomic mass is 16.2. The minimum absolute atomic E-state index is 0.00889. The number of hydrogen-bond donors (Lipinski definition) is 3. The third-order valence-electron chi connectivity index (χ3n) is 2.44. The van der Waals surface area contributed by atoms with Crippen LogP contribution in [0.15, 0.2) is 12.4 Å². The van der Waals surface area contributed by atoms with E-state index >= 15 is 0 Å². The van der Waals surface area contributed by atoms with Gasteiger partial charge in [-0.3, -0.25) is 25.3 Å². The van der Waals surface area contributed by atoms with Crippen LogP contribution in [0.25, 0.3) is 0 Å². The normalized spacial score (nSPS) is 22.9. The number of aromatic amines is 1. The molecule has 3 N–H and O–H groups in total. The van der Waals surface area contributed by atoms with Crippen LogP contribution in [-0.2, 0) is 9.59 Å². The Hall–Kier alpha value is -1.69. The van der Waals surface area contributed by atoms with Gasteiger partial charge in [-0.25, -0.2) is 0 Å². The molecule has 0 saturated carbocycles. The zero-order valence-electron chi connectivity index (χ0n) is 8.28. The number of rotatable bonds is 3. The third kappa shape index (κ3) is 2.04. The van der Waals surface area contributed by atoms with Crippen molar-refractivity contribution in [1.82, 2.24) is 20.8 Å². The van der Waals surface area contributed by atoms with Gasteiger partial charge in [0.05, 0.1) is 18.7 Å². The van der Waals surface area contributed by atoms with E-state index in [4.69, 9.17) is 0 Å². The standard InChI is InChI=1S/C9H12N4O2/c1-5(6-3-10-11-4-6)12-7-2-8(14)13-9(7)15/h3-5,7,12H,2H2,1H3,(H,10,11)(H,13,14,15). The molecule has 1 aliphatic rings. The zero-order chi connectivity index (χ0) is 10.8. The van der Waals surface area contributed by atoms with Crippen molar-refractivity contribution >= 4 is 11.8 Å². The smallest absolute Gasteiger partial charge is 0.244 e. The topological polar surface area (TPSA) is 86.9 Å². The molecule has 0 aromatic carbocycles. The van der Waals surface area contributed by atoms with Gasteiger partial charge in [0, 0.05) is 17.8 Å². The Morgan fingerprint density at radius 3 is 2.93 bits per heavy atom. The van der Waals surface area contributed by atoms with Crippen LogP contribution in [0.2, 0.25) is 0 Å². The molecule has 6 nitrogen and oxygen atoms in total. The molecular weight excluding hydrogens is 196 g/mol. The molecule has 1 aliphatic heterocycles. The molecule has 2 amide bonds. The summed E-state index contributed by atoms with van der Waals surface area (Å²) in [5, 5.41) is 11.8. The van der Waals surface area contributed by atoms with Gasteiger partial charge < -0.3 is 0 Å². The quantitative estimate of drug-likeness (QED) is 0.583. The van der Waals surface area contributed by atoms with Crippen molar-refractivity contribution in [3.8, 4) is 0 Å². The van der Waals surface area contributed by atoms with E-state index < -0.39 is 6.04 Å². The largest absolute Gasteiger partial charge is 0.299 e. The molecule has 1 aromatic heterocycles. The maximum absolute atomic E-state index is 11.3. The number of nitrogens with one attached hydrogen (secondary N) is 3. The van der Waals surface area contributed by atoms with E-state index in [1.165, 1.54) is 0 Å². The molecule has 6 heteroatoms. The summed E-state index contributed by atoms with van der Waals surface area (Å²) in [6, 6.07) is -0.437. The van der Waals surface area contributed by atoms with Gasteiger partial charge in [0.25, 0.3) is 0 Å². The molecule has 0 bridgehead atoms. The lowest BCUT2D eigenvalue weighted by Crippen LogP contribution is -2.37. The minimum Gasteiger partial charge on any atom is -0.299 e. The number of nitrogens with zero attached hydrogens (tertiary/aromatic N) is 1. The number of amides is 2. The maximum atomic E-state index is 11.3. The first-order chi connectivity index (χ1) is 7.16. The van der Waals surface area contributed by atoms with Crippen LogP contribution in [0.1, 0.15) is 24.9 Å². The van der Waals surface area contributed by atoms with Gasteiger partial charge >= 0.3 is 0 Å². The summed E-state index contributed by atoms with van der Waals surface area (Å²) in [6.45, 7) is 1.92. The summed E-state index contributed by atoms with van der Waals surface area (Å²) in [5.74, 6) is -0.479. The molecule has 0 radical (unpaired) electrons. The molecule has 2 rings (SSSR count). The van der Waals surface area contributed by atoms with E-state index in [1.807, 2.05) is 6.92 Å². The van der Waals surface area contributed by atoms with E-state index in [0.29, 0.717) is 0 Å². The Labute approximate surface area is 86.4 Å². The maximum Gasteiger partial charge on any atom is 0.244 e. The van der Waals surface area contributed by atoms with Crippen molar-refractivity contribution in [3.63, 3.8) is 0 Å². The van der Waals surface area contributed by atoms with Gasteiger partial charge in [0.15, 0.2) is 0 Å². The van der Waals surface area contributed by atoms with Crippen molar-refractivity contribution in [2.45, 2.75) is 25.4 Å². The summed E-state index contributed by atoms with van der Waals surface area (Å²) >= 11 is 0. The Morgan fingerprint density at radius 2 is 2.40 bits per heavy atom. The number of imide groups is 1. The number of aromatic nitrogens is 2. The molecule has 2 atom stereocenters. The van der Waals surface area contributed by atoms with Gasteiger partial charge in [-0.2, -0.15) is 5.10 Å². The molecule has 0 aliphatic carbocycles. The predicted molar refractivity (Wildman–Crippen MR) is 51.7 cm³/mol. The first-order valence-corrected chi connectivity index (χ1v) is 4.75. The molecule has 1 fully saturated rings. The molecular formula is C9H12N4O2. The zero-order valence-corrected chi connectivity index (χ0v) is 8.28. The van der Waals surface area contributed by atoms with Crippen LogP contribution in [-0.4, -0.2) is 28.1 Å². The second-order valence-electron chi connectivity index (χ2n) is 3.59. The fourth-order valence-corrected chi connectivity index (χ4v) is 1.58. The van der Waals surface area contributed by atoms with Crippen molar-refractivity contribution < 1.29 is 9.59 Å². The van der Waals surface area contributed by atoms with Crippen LogP contribution in [0.3, 0.4) is 0 Å². The second kappa shape index (κ2) is 3.82. The van der Waals surface area contributed by atoms with Gasteiger partial charge in [-0.15, -0.1) is 0 Å². The van der Waals surface area contributed by atoms with E-state index in [0.717, 1.165) is 5.56 Å². The van der Waals surface area contributed by atoms with E-state index in [9.17, 15) is 9.59 Å². The number of carbonyl (C=O) groups is 2. The average molecular weight is 208 g/mol. The highest BCUT2D eigenvalue weighted by Crippen LogP contribution is 2.12. The highest BCUT2D eigenvalue weighted by molar-refractivity contribution is 6.05. The van der Waals surface area contributed by atoms with Crippen molar-refractivity contribution in [2.24, 2.45) is 0 Å².